The molecule has 2 rings (SSSR count). The fourth-order valence-corrected chi connectivity index (χ4v) is 2.31. The highest BCUT2D eigenvalue weighted by atomic mass is 32.2. The number of thioether (sulfide) groups is 1. The van der Waals surface area contributed by atoms with E-state index >= 15 is 0 Å². The van der Waals surface area contributed by atoms with Crippen LogP contribution in [-0.2, 0) is 0 Å². The molecule has 5 heteroatoms. The van der Waals surface area contributed by atoms with Gasteiger partial charge in [-0.1, -0.05) is 20.8 Å². The number of pyridine rings is 1. The van der Waals surface area contributed by atoms with Crippen molar-refractivity contribution in [3.8, 4) is 0 Å². The van der Waals surface area contributed by atoms with Crippen molar-refractivity contribution >= 4 is 28.7 Å². The summed E-state index contributed by atoms with van der Waals surface area (Å²) < 4.78 is 0.309. The Balaban J connectivity index is 1.92. The Morgan fingerprint density at radius 3 is 2.72 bits per heavy atom. The normalized spacial score (nSPS) is 11.7. The predicted octanol–water partition coefficient (Wildman–Crippen LogP) is 2.97. The lowest BCUT2D eigenvalue weighted by Gasteiger charge is -2.17. The van der Waals surface area contributed by atoms with Gasteiger partial charge in [-0.3, -0.25) is 4.98 Å². The molecule has 18 heavy (non-hydrogen) atoms. The maximum Gasteiger partial charge on any atom is 0.180 e. The van der Waals surface area contributed by atoms with Crippen molar-refractivity contribution in [2.45, 2.75) is 25.5 Å². The van der Waals surface area contributed by atoms with Crippen LogP contribution in [0.3, 0.4) is 0 Å². The molecule has 0 aliphatic rings. The molecule has 96 valence electrons. The number of hydrogen-bond acceptors (Lipinski definition) is 5. The van der Waals surface area contributed by atoms with Gasteiger partial charge in [-0.25, -0.2) is 9.97 Å². The van der Waals surface area contributed by atoms with Gasteiger partial charge in [0.1, 0.15) is 11.3 Å². The Morgan fingerprint density at radius 2 is 1.94 bits per heavy atom. The highest BCUT2D eigenvalue weighted by Gasteiger charge is 2.09. The van der Waals surface area contributed by atoms with Crippen LogP contribution in [0.4, 0.5) is 5.82 Å². The van der Waals surface area contributed by atoms with E-state index in [0.717, 1.165) is 23.6 Å². The minimum Gasteiger partial charge on any atom is -0.369 e. The van der Waals surface area contributed by atoms with Gasteiger partial charge in [0.05, 0.1) is 0 Å². The summed E-state index contributed by atoms with van der Waals surface area (Å²) in [4.78, 5) is 12.8. The first-order valence-electron chi connectivity index (χ1n) is 6.00. The van der Waals surface area contributed by atoms with E-state index in [-0.39, 0.29) is 0 Å². The summed E-state index contributed by atoms with van der Waals surface area (Å²) in [6.07, 6.45) is 3.34. The van der Waals surface area contributed by atoms with E-state index in [4.69, 9.17) is 0 Å². The van der Waals surface area contributed by atoms with E-state index in [1.165, 1.54) is 0 Å². The third kappa shape index (κ3) is 3.84. The zero-order valence-corrected chi connectivity index (χ0v) is 11.8. The molecule has 0 atom stereocenters. The van der Waals surface area contributed by atoms with Crippen molar-refractivity contribution < 1.29 is 0 Å². The summed E-state index contributed by atoms with van der Waals surface area (Å²) in [6, 6.07) is 3.88. The Morgan fingerprint density at radius 1 is 1.17 bits per heavy atom. The lowest BCUT2D eigenvalue weighted by atomic mass is 10.3. The Bertz CT molecular complexity index is 522. The molecule has 0 saturated heterocycles. The lowest BCUT2D eigenvalue weighted by Crippen LogP contribution is -2.13. The number of anilines is 1. The van der Waals surface area contributed by atoms with Gasteiger partial charge in [-0.2, -0.15) is 11.8 Å². The molecular weight excluding hydrogens is 244 g/mol. The second-order valence-electron chi connectivity index (χ2n) is 4.98. The van der Waals surface area contributed by atoms with E-state index in [9.17, 15) is 0 Å². The standard InChI is InChI=1S/C13H18N4S/c1-13(2,3)18-9-8-15-11-5-4-10-12(17-11)16-7-6-14-10/h4-7H,8-9H2,1-3H3,(H,15,16,17). The first kappa shape index (κ1) is 13.1. The number of hydrogen-bond donors (Lipinski definition) is 1. The van der Waals surface area contributed by atoms with Crippen molar-refractivity contribution in [3.63, 3.8) is 0 Å². The summed E-state index contributed by atoms with van der Waals surface area (Å²) in [6.45, 7) is 7.57. The Labute approximate surface area is 112 Å². The van der Waals surface area contributed by atoms with Gasteiger partial charge in [-0.15, -0.1) is 0 Å². The smallest absolute Gasteiger partial charge is 0.180 e. The minimum atomic E-state index is 0.309. The molecule has 0 aromatic carbocycles. The molecule has 4 nitrogen and oxygen atoms in total. The first-order valence-corrected chi connectivity index (χ1v) is 6.99. The van der Waals surface area contributed by atoms with Gasteiger partial charge in [0.25, 0.3) is 0 Å². The number of nitrogens with zero attached hydrogens (tertiary/aromatic N) is 3. The molecular formula is C13H18N4S. The van der Waals surface area contributed by atoms with Crippen LogP contribution in [0.15, 0.2) is 24.5 Å². The zero-order chi connectivity index (χ0) is 13.0. The topological polar surface area (TPSA) is 50.7 Å². The summed E-state index contributed by atoms with van der Waals surface area (Å²) in [7, 11) is 0. The highest BCUT2D eigenvalue weighted by molar-refractivity contribution is 8.00. The van der Waals surface area contributed by atoms with Crippen LogP contribution in [0, 0.1) is 0 Å². The molecule has 2 aromatic rings. The van der Waals surface area contributed by atoms with Crippen LogP contribution >= 0.6 is 11.8 Å². The molecule has 0 radical (unpaired) electrons. The Hall–Kier alpha value is -1.36. The summed E-state index contributed by atoms with van der Waals surface area (Å²) in [5.41, 5.74) is 1.51. The predicted molar refractivity (Wildman–Crippen MR) is 78.0 cm³/mol. The fraction of sp³-hybridized carbons (Fsp3) is 0.462. The van der Waals surface area contributed by atoms with Crippen LogP contribution in [0.2, 0.25) is 0 Å². The number of rotatable bonds is 4. The molecule has 2 aromatic heterocycles. The van der Waals surface area contributed by atoms with Crippen molar-refractivity contribution in [1.82, 2.24) is 15.0 Å². The largest absolute Gasteiger partial charge is 0.369 e. The summed E-state index contributed by atoms with van der Waals surface area (Å²) in [5, 5.41) is 3.31. The average molecular weight is 262 g/mol. The SMILES string of the molecule is CC(C)(C)SCCNc1ccc2nccnc2n1. The van der Waals surface area contributed by atoms with Crippen LogP contribution in [-0.4, -0.2) is 32.0 Å². The molecule has 2 heterocycles. The van der Waals surface area contributed by atoms with E-state index in [1.807, 2.05) is 23.9 Å². The highest BCUT2D eigenvalue weighted by Crippen LogP contribution is 2.22. The molecule has 0 fully saturated rings. The first-order chi connectivity index (χ1) is 8.54. The second-order valence-corrected chi connectivity index (χ2v) is 6.90. The molecule has 0 unspecified atom stereocenters. The van der Waals surface area contributed by atoms with Gasteiger partial charge >= 0.3 is 0 Å². The van der Waals surface area contributed by atoms with E-state index < -0.39 is 0 Å². The van der Waals surface area contributed by atoms with E-state index in [1.54, 1.807) is 12.4 Å². The number of fused-ring (bicyclic) bond motifs is 1. The number of nitrogens with one attached hydrogen (secondary N) is 1. The second kappa shape index (κ2) is 5.52. The Kier molecular flexibility index (Phi) is 4.01. The van der Waals surface area contributed by atoms with Crippen molar-refractivity contribution in [2.75, 3.05) is 17.6 Å². The van der Waals surface area contributed by atoms with Crippen LogP contribution in [0.1, 0.15) is 20.8 Å². The average Bonchev–Trinajstić information content (AvgIpc) is 2.33. The maximum atomic E-state index is 4.42. The van der Waals surface area contributed by atoms with E-state index in [0.29, 0.717) is 10.4 Å². The van der Waals surface area contributed by atoms with Crippen molar-refractivity contribution in [2.24, 2.45) is 0 Å². The van der Waals surface area contributed by atoms with Crippen molar-refractivity contribution in [1.29, 1.82) is 0 Å². The zero-order valence-electron chi connectivity index (χ0n) is 11.0. The minimum absolute atomic E-state index is 0.309. The van der Waals surface area contributed by atoms with Gasteiger partial charge < -0.3 is 5.32 Å². The summed E-state index contributed by atoms with van der Waals surface area (Å²) in [5.74, 6) is 1.92. The third-order valence-electron chi connectivity index (χ3n) is 2.27. The molecule has 0 saturated carbocycles. The van der Waals surface area contributed by atoms with Gasteiger partial charge in [0.2, 0.25) is 0 Å². The third-order valence-corrected chi connectivity index (χ3v) is 3.55. The molecule has 1 N–H and O–H groups in total. The molecule has 0 aliphatic carbocycles. The van der Waals surface area contributed by atoms with E-state index in [2.05, 4.69) is 41.0 Å². The van der Waals surface area contributed by atoms with Crippen LogP contribution < -0.4 is 5.32 Å². The summed E-state index contributed by atoms with van der Waals surface area (Å²) >= 11 is 1.94. The molecule has 0 spiro atoms. The molecule has 0 bridgehead atoms. The van der Waals surface area contributed by atoms with Crippen LogP contribution in [0.5, 0.6) is 0 Å². The maximum absolute atomic E-state index is 4.42. The monoisotopic (exact) mass is 262 g/mol. The molecule has 0 aliphatic heterocycles. The van der Waals surface area contributed by atoms with Gasteiger partial charge in [-0.05, 0) is 12.1 Å². The van der Waals surface area contributed by atoms with Crippen LogP contribution in [0.25, 0.3) is 11.2 Å². The fourth-order valence-electron chi connectivity index (χ4n) is 1.49. The lowest BCUT2D eigenvalue weighted by molar-refractivity contribution is 0.802. The quantitative estimate of drug-likeness (QED) is 0.858. The van der Waals surface area contributed by atoms with Crippen molar-refractivity contribution in [3.05, 3.63) is 24.5 Å². The number of aromatic nitrogens is 3. The molecule has 0 amide bonds. The van der Waals surface area contributed by atoms with Gasteiger partial charge in [0, 0.05) is 29.4 Å². The van der Waals surface area contributed by atoms with Gasteiger partial charge in [0.15, 0.2) is 5.65 Å².